The van der Waals surface area contributed by atoms with Crippen LogP contribution in [0, 0.1) is 5.92 Å². The fraction of sp³-hybridized carbons (Fsp3) is 0.889. The molecule has 2 aliphatic rings. The molecule has 2 heteroatoms. The lowest BCUT2D eigenvalue weighted by atomic mass is 9.76. The molecule has 1 saturated carbocycles. The highest BCUT2D eigenvalue weighted by Crippen LogP contribution is 2.41. The highest BCUT2D eigenvalue weighted by atomic mass is 16.5. The summed E-state index contributed by atoms with van der Waals surface area (Å²) in [7, 11) is 0. The van der Waals surface area contributed by atoms with Crippen molar-refractivity contribution in [2.75, 3.05) is 6.61 Å². The van der Waals surface area contributed by atoms with E-state index >= 15 is 0 Å². The van der Waals surface area contributed by atoms with Crippen molar-refractivity contribution in [1.29, 1.82) is 0 Å². The number of carbonyl (C=O) groups excluding carboxylic acids is 1. The molecular formula is C9H14O2. The first kappa shape index (κ1) is 7.29. The summed E-state index contributed by atoms with van der Waals surface area (Å²) >= 11 is 0. The molecule has 1 heterocycles. The Morgan fingerprint density at radius 2 is 2.45 bits per heavy atom. The number of ketones is 1. The third-order valence-corrected chi connectivity index (χ3v) is 3.14. The van der Waals surface area contributed by atoms with Gasteiger partial charge in [0.05, 0.1) is 5.60 Å². The zero-order chi connectivity index (χ0) is 7.90. The molecule has 0 spiro atoms. The standard InChI is InChI=1S/C9H14O2/c1-9-4-2-8(10)6-7(9)3-5-11-9/h7H,2-6H2,1H3. The zero-order valence-corrected chi connectivity index (χ0v) is 6.93. The first-order valence-corrected chi connectivity index (χ1v) is 4.36. The smallest absolute Gasteiger partial charge is 0.133 e. The van der Waals surface area contributed by atoms with Crippen LogP contribution < -0.4 is 0 Å². The fourth-order valence-electron chi connectivity index (χ4n) is 2.22. The summed E-state index contributed by atoms with van der Waals surface area (Å²) in [6.07, 6.45) is 3.52. The van der Waals surface area contributed by atoms with Crippen LogP contribution in [0.15, 0.2) is 0 Å². The molecule has 62 valence electrons. The molecular weight excluding hydrogens is 140 g/mol. The number of Topliss-reactive ketones (excluding diaryl/α,β-unsaturated/α-hetero) is 1. The van der Waals surface area contributed by atoms with Gasteiger partial charge >= 0.3 is 0 Å². The Hall–Kier alpha value is -0.370. The number of ether oxygens (including phenoxy) is 1. The molecule has 1 saturated heterocycles. The second-order valence-corrected chi connectivity index (χ2v) is 3.89. The second-order valence-electron chi connectivity index (χ2n) is 3.89. The molecule has 0 amide bonds. The van der Waals surface area contributed by atoms with E-state index in [9.17, 15) is 4.79 Å². The minimum atomic E-state index is 0.0495. The van der Waals surface area contributed by atoms with Crippen LogP contribution in [0.25, 0.3) is 0 Å². The monoisotopic (exact) mass is 154 g/mol. The summed E-state index contributed by atoms with van der Waals surface area (Å²) in [4.78, 5) is 11.1. The number of hydrogen-bond donors (Lipinski definition) is 0. The fourth-order valence-corrected chi connectivity index (χ4v) is 2.22. The van der Waals surface area contributed by atoms with E-state index in [-0.39, 0.29) is 5.60 Å². The van der Waals surface area contributed by atoms with Gasteiger partial charge in [0.15, 0.2) is 0 Å². The Bertz CT molecular complexity index is 188. The lowest BCUT2D eigenvalue weighted by Crippen LogP contribution is -2.37. The number of fused-ring (bicyclic) bond motifs is 1. The number of rotatable bonds is 0. The Morgan fingerprint density at radius 1 is 1.64 bits per heavy atom. The molecule has 0 aromatic heterocycles. The summed E-state index contributed by atoms with van der Waals surface area (Å²) < 4.78 is 5.64. The Morgan fingerprint density at radius 3 is 3.27 bits per heavy atom. The Kier molecular flexibility index (Phi) is 1.53. The van der Waals surface area contributed by atoms with Gasteiger partial charge in [-0.15, -0.1) is 0 Å². The van der Waals surface area contributed by atoms with Crippen LogP contribution in [0.1, 0.15) is 32.6 Å². The first-order chi connectivity index (χ1) is 5.21. The maximum absolute atomic E-state index is 11.1. The highest BCUT2D eigenvalue weighted by molar-refractivity contribution is 5.79. The van der Waals surface area contributed by atoms with E-state index in [2.05, 4.69) is 6.92 Å². The molecule has 2 atom stereocenters. The average molecular weight is 154 g/mol. The van der Waals surface area contributed by atoms with Gasteiger partial charge in [-0.3, -0.25) is 4.79 Å². The van der Waals surface area contributed by atoms with Gasteiger partial charge in [-0.1, -0.05) is 0 Å². The molecule has 11 heavy (non-hydrogen) atoms. The predicted molar refractivity (Wildman–Crippen MR) is 41.3 cm³/mol. The predicted octanol–water partition coefficient (Wildman–Crippen LogP) is 1.53. The summed E-state index contributed by atoms with van der Waals surface area (Å²) in [5, 5.41) is 0. The van der Waals surface area contributed by atoms with Crippen LogP contribution in [0.2, 0.25) is 0 Å². The molecule has 2 fully saturated rings. The molecule has 0 aromatic rings. The lowest BCUT2D eigenvalue weighted by molar-refractivity contribution is -0.127. The third-order valence-electron chi connectivity index (χ3n) is 3.14. The minimum absolute atomic E-state index is 0.0495. The molecule has 1 aliphatic heterocycles. The summed E-state index contributed by atoms with van der Waals surface area (Å²) in [6.45, 7) is 3.01. The molecule has 0 bridgehead atoms. The van der Waals surface area contributed by atoms with Gasteiger partial charge in [-0.25, -0.2) is 0 Å². The van der Waals surface area contributed by atoms with E-state index in [0.717, 1.165) is 32.3 Å². The van der Waals surface area contributed by atoms with Crippen LogP contribution in [0.3, 0.4) is 0 Å². The molecule has 0 aromatic carbocycles. The van der Waals surface area contributed by atoms with Gasteiger partial charge in [0.1, 0.15) is 5.78 Å². The van der Waals surface area contributed by atoms with Gasteiger partial charge in [-0.2, -0.15) is 0 Å². The second kappa shape index (κ2) is 2.31. The van der Waals surface area contributed by atoms with Crippen LogP contribution in [0.5, 0.6) is 0 Å². The van der Waals surface area contributed by atoms with Crippen LogP contribution in [-0.2, 0) is 9.53 Å². The van der Waals surface area contributed by atoms with Crippen LogP contribution >= 0.6 is 0 Å². The maximum Gasteiger partial charge on any atom is 0.133 e. The normalized spacial score (nSPS) is 44.1. The first-order valence-electron chi connectivity index (χ1n) is 4.36. The number of carbonyl (C=O) groups is 1. The quantitative estimate of drug-likeness (QED) is 0.529. The van der Waals surface area contributed by atoms with Crippen molar-refractivity contribution in [2.24, 2.45) is 5.92 Å². The maximum atomic E-state index is 11.1. The topological polar surface area (TPSA) is 26.3 Å². The van der Waals surface area contributed by atoms with Crippen molar-refractivity contribution in [3.8, 4) is 0 Å². The van der Waals surface area contributed by atoms with Gasteiger partial charge in [0.25, 0.3) is 0 Å². The van der Waals surface area contributed by atoms with Crippen molar-refractivity contribution in [3.05, 3.63) is 0 Å². The van der Waals surface area contributed by atoms with Crippen molar-refractivity contribution in [3.63, 3.8) is 0 Å². The van der Waals surface area contributed by atoms with E-state index in [4.69, 9.17) is 4.74 Å². The SMILES string of the molecule is CC12CCC(=O)CC1CCO2. The molecule has 2 nitrogen and oxygen atoms in total. The van der Waals surface area contributed by atoms with Crippen molar-refractivity contribution < 1.29 is 9.53 Å². The van der Waals surface area contributed by atoms with Gasteiger partial charge in [0, 0.05) is 19.4 Å². The summed E-state index contributed by atoms with van der Waals surface area (Å²) in [5.41, 5.74) is 0.0495. The lowest BCUT2D eigenvalue weighted by Gasteiger charge is -2.33. The van der Waals surface area contributed by atoms with Crippen molar-refractivity contribution >= 4 is 5.78 Å². The summed E-state index contributed by atoms with van der Waals surface area (Å²) in [6, 6.07) is 0. The molecule has 1 aliphatic carbocycles. The average Bonchev–Trinajstić information content (AvgIpc) is 2.31. The van der Waals surface area contributed by atoms with Gasteiger partial charge in [0.2, 0.25) is 0 Å². The van der Waals surface area contributed by atoms with Gasteiger partial charge < -0.3 is 4.74 Å². The third kappa shape index (κ3) is 1.09. The van der Waals surface area contributed by atoms with E-state index < -0.39 is 0 Å². The zero-order valence-electron chi connectivity index (χ0n) is 6.93. The minimum Gasteiger partial charge on any atom is -0.375 e. The highest BCUT2D eigenvalue weighted by Gasteiger charge is 2.43. The van der Waals surface area contributed by atoms with Crippen molar-refractivity contribution in [2.45, 2.75) is 38.2 Å². The van der Waals surface area contributed by atoms with E-state index in [0.29, 0.717) is 11.7 Å². The van der Waals surface area contributed by atoms with Crippen LogP contribution in [0.4, 0.5) is 0 Å². The summed E-state index contributed by atoms with van der Waals surface area (Å²) in [5.74, 6) is 0.946. The Balaban J connectivity index is 2.14. The van der Waals surface area contributed by atoms with E-state index in [1.165, 1.54) is 0 Å². The van der Waals surface area contributed by atoms with Gasteiger partial charge in [-0.05, 0) is 25.7 Å². The number of hydrogen-bond acceptors (Lipinski definition) is 2. The molecule has 0 radical (unpaired) electrons. The molecule has 2 rings (SSSR count). The molecule has 2 unspecified atom stereocenters. The van der Waals surface area contributed by atoms with E-state index in [1.807, 2.05) is 0 Å². The largest absolute Gasteiger partial charge is 0.375 e. The van der Waals surface area contributed by atoms with Crippen LogP contribution in [-0.4, -0.2) is 18.0 Å². The van der Waals surface area contributed by atoms with E-state index in [1.54, 1.807) is 0 Å². The molecule has 0 N–H and O–H groups in total. The Labute approximate surface area is 66.9 Å². The van der Waals surface area contributed by atoms with Crippen molar-refractivity contribution in [1.82, 2.24) is 0 Å².